The van der Waals surface area contributed by atoms with E-state index in [4.69, 9.17) is 4.74 Å². The predicted octanol–water partition coefficient (Wildman–Crippen LogP) is 2.57. The normalized spacial score (nSPS) is 14.0. The molecule has 1 amide bonds. The number of rotatable bonds is 5. The van der Waals surface area contributed by atoms with Crippen molar-refractivity contribution < 1.29 is 32.6 Å². The average Bonchev–Trinajstić information content (AvgIpc) is 3.23. The summed E-state index contributed by atoms with van der Waals surface area (Å²) in [6.45, 7) is 1.99. The van der Waals surface area contributed by atoms with Crippen LogP contribution in [0.5, 0.6) is 11.5 Å². The number of halogens is 2. The Labute approximate surface area is 162 Å². The Morgan fingerprint density at radius 3 is 2.76 bits per heavy atom. The number of aromatic nitrogens is 3. The Hall–Kier alpha value is -3.76. The second kappa shape index (κ2) is 7.00. The number of ether oxygens (including phenoxy) is 3. The summed E-state index contributed by atoms with van der Waals surface area (Å²) >= 11 is 0. The maximum absolute atomic E-state index is 13.0. The second-order valence-corrected chi connectivity index (χ2v) is 6.06. The van der Waals surface area contributed by atoms with Gasteiger partial charge in [-0.05, 0) is 37.3 Å². The lowest BCUT2D eigenvalue weighted by Gasteiger charge is -2.07. The van der Waals surface area contributed by atoms with E-state index in [1.54, 1.807) is 16.8 Å². The quantitative estimate of drug-likeness (QED) is 0.652. The Balaban J connectivity index is 1.36. The van der Waals surface area contributed by atoms with Crippen LogP contribution < -0.4 is 14.8 Å². The minimum atomic E-state index is -3.75. The van der Waals surface area contributed by atoms with Crippen LogP contribution in [0.4, 0.5) is 14.5 Å². The molecule has 150 valence electrons. The Kier molecular flexibility index (Phi) is 4.49. The number of amides is 1. The first-order chi connectivity index (χ1) is 13.8. The van der Waals surface area contributed by atoms with Crippen molar-refractivity contribution in [3.05, 3.63) is 42.0 Å². The van der Waals surface area contributed by atoms with Crippen molar-refractivity contribution in [2.75, 3.05) is 11.9 Å². The number of esters is 1. The van der Waals surface area contributed by atoms with E-state index in [-0.39, 0.29) is 22.7 Å². The number of carbonyl (C=O) groups is 2. The number of fused-ring (bicyclic) bond motifs is 2. The van der Waals surface area contributed by atoms with Gasteiger partial charge in [0, 0.05) is 18.3 Å². The minimum absolute atomic E-state index is 0.144. The number of nitrogens with zero attached hydrogens (tertiary/aromatic N) is 3. The fraction of sp³-hybridized carbons (Fsp3) is 0.222. The molecule has 0 saturated carbocycles. The molecule has 1 aliphatic heterocycles. The van der Waals surface area contributed by atoms with Crippen LogP contribution in [0.15, 0.2) is 36.4 Å². The fourth-order valence-electron chi connectivity index (χ4n) is 2.77. The van der Waals surface area contributed by atoms with Crippen molar-refractivity contribution in [1.29, 1.82) is 0 Å². The fourth-order valence-corrected chi connectivity index (χ4v) is 2.77. The van der Waals surface area contributed by atoms with E-state index in [9.17, 15) is 18.4 Å². The third-order valence-corrected chi connectivity index (χ3v) is 4.07. The smallest absolute Gasteiger partial charge is 0.452 e. The van der Waals surface area contributed by atoms with Gasteiger partial charge < -0.3 is 19.5 Å². The first-order valence-electron chi connectivity index (χ1n) is 8.55. The van der Waals surface area contributed by atoms with Crippen LogP contribution in [-0.4, -0.2) is 39.8 Å². The van der Waals surface area contributed by atoms with Gasteiger partial charge in [-0.1, -0.05) is 5.21 Å². The summed E-state index contributed by atoms with van der Waals surface area (Å²) in [6.07, 6.45) is -3.75. The van der Waals surface area contributed by atoms with Crippen LogP contribution in [0.3, 0.4) is 0 Å². The van der Waals surface area contributed by atoms with E-state index in [0.717, 1.165) is 5.52 Å². The van der Waals surface area contributed by atoms with Crippen molar-refractivity contribution in [2.24, 2.45) is 0 Å². The van der Waals surface area contributed by atoms with Gasteiger partial charge in [-0.15, -0.1) is 13.9 Å². The maximum Gasteiger partial charge on any atom is 0.586 e. The highest BCUT2D eigenvalue weighted by atomic mass is 19.3. The molecule has 2 heterocycles. The molecule has 11 heteroatoms. The summed E-state index contributed by atoms with van der Waals surface area (Å²) in [5, 5.41) is 10.4. The van der Waals surface area contributed by atoms with E-state index >= 15 is 0 Å². The number of carbonyl (C=O) groups excluding carboxylic acids is 2. The number of hydrogen-bond donors (Lipinski definition) is 1. The number of aryl methyl sites for hydroxylation is 1. The molecule has 1 aromatic heterocycles. The van der Waals surface area contributed by atoms with Crippen molar-refractivity contribution in [3.8, 4) is 11.5 Å². The third kappa shape index (κ3) is 3.79. The second-order valence-electron chi connectivity index (χ2n) is 6.06. The van der Waals surface area contributed by atoms with Crippen LogP contribution in [0, 0.1) is 0 Å². The summed E-state index contributed by atoms with van der Waals surface area (Å²) in [4.78, 5) is 24.2. The van der Waals surface area contributed by atoms with Gasteiger partial charge in [0.25, 0.3) is 5.91 Å². The van der Waals surface area contributed by atoms with Crippen molar-refractivity contribution in [3.63, 3.8) is 0 Å². The molecule has 1 N–H and O–H groups in total. The Morgan fingerprint density at radius 1 is 1.17 bits per heavy atom. The molecule has 0 atom stereocenters. The summed E-state index contributed by atoms with van der Waals surface area (Å²) < 4.78 is 41.3. The molecule has 0 aliphatic carbocycles. The summed E-state index contributed by atoms with van der Waals surface area (Å²) in [5.41, 5.74) is 1.71. The average molecular weight is 404 g/mol. The van der Waals surface area contributed by atoms with Gasteiger partial charge in [0.05, 0.1) is 11.1 Å². The zero-order valence-corrected chi connectivity index (χ0v) is 15.0. The van der Waals surface area contributed by atoms with Gasteiger partial charge in [-0.25, -0.2) is 9.48 Å². The molecule has 0 spiro atoms. The topological polar surface area (TPSA) is 105 Å². The number of benzene rings is 2. The van der Waals surface area contributed by atoms with E-state index in [1.807, 2.05) is 6.92 Å². The summed E-state index contributed by atoms with van der Waals surface area (Å²) in [6, 6.07) is 8.53. The lowest BCUT2D eigenvalue weighted by Crippen LogP contribution is -2.25. The highest BCUT2D eigenvalue weighted by molar-refractivity contribution is 5.97. The van der Waals surface area contributed by atoms with Crippen LogP contribution in [0.25, 0.3) is 11.0 Å². The molecule has 0 radical (unpaired) electrons. The minimum Gasteiger partial charge on any atom is -0.452 e. The van der Waals surface area contributed by atoms with Crippen molar-refractivity contribution in [1.82, 2.24) is 15.0 Å². The molecule has 0 fully saturated rings. The summed E-state index contributed by atoms with van der Waals surface area (Å²) in [7, 11) is 0. The Morgan fingerprint density at radius 2 is 1.97 bits per heavy atom. The highest BCUT2D eigenvalue weighted by Gasteiger charge is 2.43. The highest BCUT2D eigenvalue weighted by Crippen LogP contribution is 2.42. The van der Waals surface area contributed by atoms with Crippen LogP contribution in [-0.2, 0) is 16.1 Å². The van der Waals surface area contributed by atoms with E-state index in [0.29, 0.717) is 12.1 Å². The van der Waals surface area contributed by atoms with Crippen molar-refractivity contribution >= 4 is 28.6 Å². The molecule has 4 rings (SSSR count). The van der Waals surface area contributed by atoms with Gasteiger partial charge in [0.1, 0.15) is 5.52 Å². The monoisotopic (exact) mass is 404 g/mol. The van der Waals surface area contributed by atoms with Gasteiger partial charge >= 0.3 is 12.3 Å². The first-order valence-corrected chi connectivity index (χ1v) is 8.55. The van der Waals surface area contributed by atoms with Crippen LogP contribution in [0.2, 0.25) is 0 Å². The summed E-state index contributed by atoms with van der Waals surface area (Å²) in [5.74, 6) is -1.71. The molecule has 0 unspecified atom stereocenters. The number of alkyl halides is 2. The van der Waals surface area contributed by atoms with E-state index < -0.39 is 24.8 Å². The zero-order valence-electron chi connectivity index (χ0n) is 15.0. The first kappa shape index (κ1) is 18.6. The molecule has 0 saturated heterocycles. The van der Waals surface area contributed by atoms with Crippen LogP contribution in [0.1, 0.15) is 17.3 Å². The lowest BCUT2D eigenvalue weighted by molar-refractivity contribution is -0.286. The van der Waals surface area contributed by atoms with Gasteiger partial charge in [0.2, 0.25) is 0 Å². The van der Waals surface area contributed by atoms with Gasteiger partial charge in [0.15, 0.2) is 18.1 Å². The number of hydrogen-bond acceptors (Lipinski definition) is 7. The molecule has 3 aromatic rings. The predicted molar refractivity (Wildman–Crippen MR) is 94.8 cm³/mol. The Bertz CT molecular complexity index is 1110. The third-order valence-electron chi connectivity index (χ3n) is 4.07. The zero-order chi connectivity index (χ0) is 20.6. The van der Waals surface area contributed by atoms with Crippen molar-refractivity contribution in [2.45, 2.75) is 19.8 Å². The van der Waals surface area contributed by atoms with Gasteiger partial charge in [-0.2, -0.15) is 0 Å². The number of anilines is 1. The van der Waals surface area contributed by atoms with E-state index in [1.165, 1.54) is 24.3 Å². The lowest BCUT2D eigenvalue weighted by atomic mass is 10.2. The standard InChI is InChI=1S/C18H14F2N4O5/c1-2-24-13-5-3-10(7-12(13)22-23-24)17(26)27-9-16(25)21-11-4-6-14-15(8-11)29-18(19,20)28-14/h3-8H,2,9H2,1H3,(H,21,25). The SMILES string of the molecule is CCn1nnc2cc(C(=O)OCC(=O)Nc3ccc4c(c3)OC(F)(F)O4)ccc21. The molecule has 9 nitrogen and oxygen atoms in total. The maximum atomic E-state index is 13.0. The molecule has 0 bridgehead atoms. The molecule has 2 aromatic carbocycles. The number of nitrogens with one attached hydrogen (secondary N) is 1. The molecule has 29 heavy (non-hydrogen) atoms. The molecule has 1 aliphatic rings. The molecular formula is C18H14F2N4O5. The van der Waals surface area contributed by atoms with Gasteiger partial charge in [-0.3, -0.25) is 4.79 Å². The largest absolute Gasteiger partial charge is 0.586 e. The van der Waals surface area contributed by atoms with E-state index in [2.05, 4.69) is 25.1 Å². The van der Waals surface area contributed by atoms with Crippen LogP contribution >= 0.6 is 0 Å². The molecular weight excluding hydrogens is 390 g/mol.